The highest BCUT2D eigenvalue weighted by Gasteiger charge is 2.42. The summed E-state index contributed by atoms with van der Waals surface area (Å²) in [4.78, 5) is 91.7. The Hall–Kier alpha value is -6.12. The van der Waals surface area contributed by atoms with Crippen molar-refractivity contribution in [2.45, 2.75) is 130 Å². The van der Waals surface area contributed by atoms with Crippen LogP contribution in [-0.2, 0) is 32.0 Å². The molecule has 5 N–H and O–H groups in total. The molecule has 4 aromatic rings. The maximum absolute atomic E-state index is 14.9. The number of nitrogens with one attached hydrogen (secondary N) is 3. The van der Waals surface area contributed by atoms with Gasteiger partial charge >= 0.3 is 0 Å². The number of likely N-dealkylation sites (tertiary alicyclic amines) is 2. The molecule has 14 heteroatoms. The van der Waals surface area contributed by atoms with Crippen molar-refractivity contribution in [3.63, 3.8) is 0 Å². The zero-order valence-corrected chi connectivity index (χ0v) is 43.5. The Morgan fingerprint density at radius 3 is 1.39 bits per heavy atom. The number of carbonyl (C=O) groups is 6. The molecule has 0 aliphatic carbocycles. The maximum Gasteiger partial charge on any atom is 0.253 e. The molecule has 14 nitrogen and oxygen atoms in total. The van der Waals surface area contributed by atoms with Gasteiger partial charge in [-0.25, -0.2) is 0 Å². The summed E-state index contributed by atoms with van der Waals surface area (Å²) in [6.45, 7) is 17.5. The fraction of sp³-hybridized carbons (Fsp3) is 0.509. The van der Waals surface area contributed by atoms with Crippen molar-refractivity contribution in [1.29, 1.82) is 0 Å². The van der Waals surface area contributed by atoms with Crippen LogP contribution >= 0.6 is 0 Å². The molecule has 71 heavy (non-hydrogen) atoms. The number of nitrogens with zero attached hydrogens (tertiary/aromatic N) is 4. The fourth-order valence-corrected chi connectivity index (χ4v) is 9.69. The molecular formula is C57H78N8O6. The highest BCUT2D eigenvalue weighted by molar-refractivity contribution is 6.02. The van der Waals surface area contributed by atoms with Gasteiger partial charge in [-0.15, -0.1) is 0 Å². The lowest BCUT2D eigenvalue weighted by Crippen LogP contribution is -2.59. The predicted molar refractivity (Wildman–Crippen MR) is 280 cm³/mol. The van der Waals surface area contributed by atoms with E-state index in [-0.39, 0.29) is 41.6 Å². The van der Waals surface area contributed by atoms with E-state index >= 15 is 0 Å². The van der Waals surface area contributed by atoms with Crippen LogP contribution in [0.4, 0.5) is 0 Å². The van der Waals surface area contributed by atoms with Crippen LogP contribution in [0.15, 0.2) is 97.1 Å². The van der Waals surface area contributed by atoms with E-state index in [0.29, 0.717) is 69.7 Å². The number of fused-ring (bicyclic) bond motifs is 1. The number of rotatable bonds is 19. The molecule has 4 aromatic carbocycles. The van der Waals surface area contributed by atoms with E-state index in [1.54, 1.807) is 20.9 Å². The lowest BCUT2D eigenvalue weighted by Gasteiger charge is -2.37. The fourth-order valence-electron chi connectivity index (χ4n) is 9.69. The summed E-state index contributed by atoms with van der Waals surface area (Å²) >= 11 is 0. The van der Waals surface area contributed by atoms with E-state index in [2.05, 4.69) is 16.0 Å². The highest BCUT2D eigenvalue weighted by atomic mass is 16.2. The second-order valence-electron chi connectivity index (χ2n) is 21.8. The first-order chi connectivity index (χ1) is 33.7. The molecule has 2 fully saturated rings. The van der Waals surface area contributed by atoms with Gasteiger partial charge in [-0.1, -0.05) is 114 Å². The van der Waals surface area contributed by atoms with Crippen LogP contribution in [0.1, 0.15) is 113 Å². The van der Waals surface area contributed by atoms with Crippen LogP contribution < -0.4 is 21.7 Å². The summed E-state index contributed by atoms with van der Waals surface area (Å²) < 4.78 is 0. The predicted octanol–water partition coefficient (Wildman–Crippen LogP) is 6.21. The lowest BCUT2D eigenvalue weighted by atomic mass is 9.85. The minimum Gasteiger partial charge on any atom is -0.342 e. The Kier molecular flexibility index (Phi) is 18.2. The van der Waals surface area contributed by atoms with Crippen LogP contribution in [0.3, 0.4) is 0 Å². The summed E-state index contributed by atoms with van der Waals surface area (Å²) in [5, 5.41) is 10.5. The molecular weight excluding hydrogens is 893 g/mol. The third kappa shape index (κ3) is 14.1. The Morgan fingerprint density at radius 2 is 1.01 bits per heavy atom. The molecule has 0 radical (unpaired) electrons. The topological polar surface area (TPSA) is 177 Å². The summed E-state index contributed by atoms with van der Waals surface area (Å²) in [6, 6.07) is 27.9. The van der Waals surface area contributed by atoms with Gasteiger partial charge in [0.1, 0.15) is 12.1 Å². The highest BCUT2D eigenvalue weighted by Crippen LogP contribution is 2.30. The summed E-state index contributed by atoms with van der Waals surface area (Å²) in [6.07, 6.45) is 4.20. The van der Waals surface area contributed by atoms with Crippen molar-refractivity contribution in [3.8, 4) is 0 Å². The molecule has 6 atom stereocenters. The maximum atomic E-state index is 14.9. The smallest absolute Gasteiger partial charge is 0.253 e. The van der Waals surface area contributed by atoms with E-state index in [4.69, 9.17) is 5.73 Å². The first-order valence-electron chi connectivity index (χ1n) is 25.5. The number of amides is 6. The van der Waals surface area contributed by atoms with Gasteiger partial charge in [0.15, 0.2) is 0 Å². The largest absolute Gasteiger partial charge is 0.342 e. The Morgan fingerprint density at radius 1 is 0.606 bits per heavy atom. The van der Waals surface area contributed by atoms with Gasteiger partial charge in [0, 0.05) is 62.5 Å². The molecule has 0 aromatic heterocycles. The third-order valence-electron chi connectivity index (χ3n) is 14.2. The standard InChI is InChI=1S/C57H78N8O6/c1-38(58)50(66)60-48(56(3,4)5)54(70)64-30-16-22-46(64)36-62(32-28-40-18-12-10-13-19-40)52(68)43-26-24-42-25-27-44(35-45(42)34-43)53(69)63(33-29-41-20-14-11-15-21-41)37-47-23-17-31-65(47)55(71)49(57(6,7)8)61-51(67)39(2)59-9/h10-15,18-21,24-27,34-35,38-39,46-49,59H,16-17,22-23,28-33,36-37,58H2,1-9H3,(H,60,66)(H,61,67)/t38-,39-,46-,47-,48+,49+/m0/s1. The van der Waals surface area contributed by atoms with E-state index in [1.165, 1.54) is 0 Å². The molecule has 2 saturated heterocycles. The van der Waals surface area contributed by atoms with Gasteiger partial charge in [-0.3, -0.25) is 28.8 Å². The summed E-state index contributed by atoms with van der Waals surface area (Å²) in [7, 11) is 1.71. The number of carbonyl (C=O) groups excluding carboxylic acids is 6. The van der Waals surface area contributed by atoms with Crippen molar-refractivity contribution in [2.24, 2.45) is 16.6 Å². The van der Waals surface area contributed by atoms with E-state index < -0.39 is 40.9 Å². The van der Waals surface area contributed by atoms with Crippen molar-refractivity contribution < 1.29 is 28.8 Å². The first kappa shape index (κ1) is 54.2. The number of nitrogens with two attached hydrogens (primary N) is 1. The molecule has 0 saturated carbocycles. The molecule has 2 heterocycles. The lowest BCUT2D eigenvalue weighted by molar-refractivity contribution is -0.140. The zero-order valence-electron chi connectivity index (χ0n) is 43.5. The Balaban J connectivity index is 1.27. The first-order valence-corrected chi connectivity index (χ1v) is 25.5. The SMILES string of the molecule is CN[C@@H](C)C(=O)N[C@H](C(=O)N1CCC[C@H]1CN(CCc1ccccc1)C(=O)c1ccc2ccc(C(=O)N(CCc3ccccc3)C[C@@H]3CCCN3C(=O)[C@@H](NC(=O)[C@H](C)N)C(C)(C)C)cc2c1)C(C)(C)C. The number of hydrogen-bond acceptors (Lipinski definition) is 8. The van der Waals surface area contributed by atoms with Crippen LogP contribution in [-0.4, -0.2) is 138 Å². The van der Waals surface area contributed by atoms with Gasteiger partial charge in [0.25, 0.3) is 11.8 Å². The third-order valence-corrected chi connectivity index (χ3v) is 14.2. The van der Waals surface area contributed by atoms with Crippen LogP contribution in [0.5, 0.6) is 0 Å². The number of hydrogen-bond donors (Lipinski definition) is 4. The van der Waals surface area contributed by atoms with Crippen molar-refractivity contribution in [3.05, 3.63) is 119 Å². The molecule has 6 amide bonds. The minimum atomic E-state index is -0.798. The van der Waals surface area contributed by atoms with E-state index in [1.807, 2.05) is 158 Å². The van der Waals surface area contributed by atoms with Crippen LogP contribution in [0, 0.1) is 10.8 Å². The molecule has 0 unspecified atom stereocenters. The monoisotopic (exact) mass is 971 g/mol. The van der Waals surface area contributed by atoms with Crippen molar-refractivity contribution >= 4 is 46.2 Å². The van der Waals surface area contributed by atoms with Crippen LogP contribution in [0.2, 0.25) is 0 Å². The second-order valence-corrected chi connectivity index (χ2v) is 21.8. The molecule has 6 rings (SSSR count). The van der Waals surface area contributed by atoms with Crippen molar-refractivity contribution in [2.75, 3.05) is 46.3 Å². The number of benzene rings is 4. The van der Waals surface area contributed by atoms with E-state index in [9.17, 15) is 28.8 Å². The summed E-state index contributed by atoms with van der Waals surface area (Å²) in [5.41, 5.74) is 7.87. The van der Waals surface area contributed by atoms with Gasteiger partial charge in [-0.05, 0) is 116 Å². The molecule has 2 aliphatic heterocycles. The van der Waals surface area contributed by atoms with Gasteiger partial charge in [0.05, 0.1) is 12.1 Å². The normalized spacial score (nSPS) is 17.8. The van der Waals surface area contributed by atoms with Crippen LogP contribution in [0.25, 0.3) is 10.8 Å². The number of likely N-dealkylation sites (N-methyl/N-ethyl adjacent to an activating group) is 1. The average molecular weight is 971 g/mol. The van der Waals surface area contributed by atoms with E-state index in [0.717, 1.165) is 41.2 Å². The quantitative estimate of drug-likeness (QED) is 0.0858. The second kappa shape index (κ2) is 23.9. The Bertz CT molecular complexity index is 2480. The molecule has 0 spiro atoms. The van der Waals surface area contributed by atoms with Gasteiger partial charge in [0.2, 0.25) is 23.6 Å². The molecule has 382 valence electrons. The molecule has 0 bridgehead atoms. The average Bonchev–Trinajstić information content (AvgIpc) is 4.03. The van der Waals surface area contributed by atoms with Gasteiger partial charge in [-0.2, -0.15) is 0 Å². The molecule has 2 aliphatic rings. The van der Waals surface area contributed by atoms with Gasteiger partial charge < -0.3 is 41.3 Å². The Labute approximate surface area is 421 Å². The summed E-state index contributed by atoms with van der Waals surface area (Å²) in [5.74, 6) is -1.34. The van der Waals surface area contributed by atoms with Crippen molar-refractivity contribution in [1.82, 2.24) is 35.6 Å². The minimum absolute atomic E-state index is 0.153. The zero-order chi connectivity index (χ0) is 51.6.